The van der Waals surface area contributed by atoms with E-state index in [1.807, 2.05) is 12.1 Å². The zero-order valence-corrected chi connectivity index (χ0v) is 30.7. The zero-order chi connectivity index (χ0) is 68.9. The van der Waals surface area contributed by atoms with Crippen LogP contribution in [-0.2, 0) is 0 Å². The molecule has 286 valence electrons. The van der Waals surface area contributed by atoms with Gasteiger partial charge in [0.25, 0.3) is 0 Å². The van der Waals surface area contributed by atoms with Crippen LogP contribution in [0.5, 0.6) is 0 Å². The molecule has 0 aliphatic carbocycles. The molecule has 4 aromatic heterocycles. The summed E-state index contributed by atoms with van der Waals surface area (Å²) in [6, 6.07) is -30.8. The summed E-state index contributed by atoms with van der Waals surface area (Å²) in [6.45, 7) is 0. The van der Waals surface area contributed by atoms with Gasteiger partial charge in [-0.1, -0.05) is 145 Å². The summed E-state index contributed by atoms with van der Waals surface area (Å²) in [7, 11) is 0. The summed E-state index contributed by atoms with van der Waals surface area (Å²) < 4.78 is 301. The SMILES string of the molecule is [2H]c1c([2H])c([2H])c2c(c1[2H])c1c([2H])c([2H])c([2H])c([2H])c1n2-c1c(C#N)c(-n2c3c([2H])c([2H])c([2H])c([2H])c3c3c([2H])c([2H])c([2H])c([2H])c32)c(-n2c3c([2H])c([2H])c([2H])c([2H])c3c3c([2H])c([2H])c([2H])c([2H])c32)c(-n2c3c([2H])c([2H])c([2H])c([2H])c3c3c([2H])c([2H])c([2H])c([2H])c32)c1C#N. The summed E-state index contributed by atoms with van der Waals surface area (Å²) in [5.41, 5.74) is -14.6. The van der Waals surface area contributed by atoms with Crippen molar-refractivity contribution in [3.63, 3.8) is 0 Å². The lowest BCUT2D eigenvalue weighted by Crippen LogP contribution is -2.16. The molecular weight excluding hydrogens is 757 g/mol. The highest BCUT2D eigenvalue weighted by molar-refractivity contribution is 6.15. The minimum absolute atomic E-state index is 0.592. The Balaban J connectivity index is 1.58. The highest BCUT2D eigenvalue weighted by atomic mass is 15.1. The van der Waals surface area contributed by atoms with Crippen LogP contribution >= 0.6 is 0 Å². The highest BCUT2D eigenvalue weighted by Crippen LogP contribution is 2.48. The first-order valence-electron chi connectivity index (χ1n) is 34.1. The summed E-state index contributed by atoms with van der Waals surface area (Å²) in [5.74, 6) is 0. The van der Waals surface area contributed by atoms with Gasteiger partial charge in [-0.05, 0) is 48.3 Å². The lowest BCUT2D eigenvalue weighted by Gasteiger charge is -2.27. The Kier molecular flexibility index (Phi) is 3.17. The molecule has 6 nitrogen and oxygen atoms in total. The third-order valence-corrected chi connectivity index (χ3v) is 10.6. The Morgan fingerprint density at radius 3 is 0.645 bits per heavy atom. The molecule has 0 bridgehead atoms. The first-order valence-corrected chi connectivity index (χ1v) is 18.1. The molecule has 13 aromatic rings. The van der Waals surface area contributed by atoms with Crippen molar-refractivity contribution >= 4 is 87.2 Å². The van der Waals surface area contributed by atoms with Gasteiger partial charge < -0.3 is 18.3 Å². The van der Waals surface area contributed by atoms with Crippen LogP contribution in [0.3, 0.4) is 0 Å². The second-order valence-corrected chi connectivity index (χ2v) is 13.5. The van der Waals surface area contributed by atoms with Crippen LogP contribution in [0.2, 0.25) is 0 Å². The molecule has 0 atom stereocenters. The van der Waals surface area contributed by atoms with E-state index in [0.29, 0.717) is 18.3 Å². The van der Waals surface area contributed by atoms with Gasteiger partial charge in [0.15, 0.2) is 0 Å². The maximum absolute atomic E-state index is 12.6. The Hall–Kier alpha value is -8.84. The fourth-order valence-electron chi connectivity index (χ4n) is 8.36. The molecule has 0 saturated heterocycles. The molecule has 13 rings (SSSR count). The van der Waals surface area contributed by atoms with E-state index in [1.54, 1.807) is 0 Å². The molecule has 0 unspecified atom stereocenters. The lowest BCUT2D eigenvalue weighted by atomic mass is 9.98. The second kappa shape index (κ2) is 12.8. The van der Waals surface area contributed by atoms with E-state index in [9.17, 15) is 40.7 Å². The fraction of sp³-hybridized carbons (Fsp3) is 0. The molecule has 0 aliphatic rings. The van der Waals surface area contributed by atoms with Gasteiger partial charge in [-0.3, -0.25) is 0 Å². The lowest BCUT2D eigenvalue weighted by molar-refractivity contribution is 1.02. The molecule has 9 aromatic carbocycles. The fourth-order valence-corrected chi connectivity index (χ4v) is 8.36. The Bertz CT molecular complexity index is 5530. The molecule has 4 heterocycles. The van der Waals surface area contributed by atoms with E-state index >= 15 is 0 Å². The highest BCUT2D eigenvalue weighted by Gasteiger charge is 2.34. The predicted octanol–water partition coefficient (Wildman–Crippen LogP) is 13.8. The second-order valence-electron chi connectivity index (χ2n) is 13.5. The van der Waals surface area contributed by atoms with Crippen LogP contribution in [0.25, 0.3) is 110 Å². The number of nitrogens with zero attached hydrogens (tertiary/aromatic N) is 6. The minimum Gasteiger partial charge on any atom is -0.306 e. The van der Waals surface area contributed by atoms with Gasteiger partial charge in [-0.25, -0.2) is 0 Å². The van der Waals surface area contributed by atoms with E-state index in [-0.39, 0.29) is 0 Å². The van der Waals surface area contributed by atoms with Crippen molar-refractivity contribution in [2.75, 3.05) is 0 Å². The van der Waals surface area contributed by atoms with Gasteiger partial charge in [0, 0.05) is 43.1 Å². The number of hydrogen-bond donors (Lipinski definition) is 0. The Morgan fingerprint density at radius 2 is 0.435 bits per heavy atom. The molecule has 6 heteroatoms. The van der Waals surface area contributed by atoms with Gasteiger partial charge in [-0.2, -0.15) is 10.5 Å². The van der Waals surface area contributed by atoms with Gasteiger partial charge in [0.2, 0.25) is 0 Å². The molecular formula is C56H32N6. The van der Waals surface area contributed by atoms with Crippen molar-refractivity contribution in [3.05, 3.63) is 204 Å². The van der Waals surface area contributed by atoms with E-state index in [2.05, 4.69) is 0 Å². The van der Waals surface area contributed by atoms with Crippen LogP contribution in [-0.4, -0.2) is 18.3 Å². The monoisotopic (exact) mass is 820 g/mol. The number of para-hydroxylation sites is 8. The van der Waals surface area contributed by atoms with Crippen molar-refractivity contribution in [3.8, 4) is 34.9 Å². The summed E-state index contributed by atoms with van der Waals surface area (Å²) in [4.78, 5) is 0. The van der Waals surface area contributed by atoms with E-state index in [1.165, 1.54) is 0 Å². The maximum Gasteiger partial charge on any atom is 0.104 e. The predicted molar refractivity (Wildman–Crippen MR) is 253 cm³/mol. The third-order valence-electron chi connectivity index (χ3n) is 10.6. The van der Waals surface area contributed by atoms with Gasteiger partial charge in [0.05, 0.1) is 111 Å². The van der Waals surface area contributed by atoms with Crippen LogP contribution in [0.1, 0.15) is 55.0 Å². The number of hydrogen-bond acceptors (Lipinski definition) is 2. The van der Waals surface area contributed by atoms with Crippen LogP contribution < -0.4 is 0 Å². The smallest absolute Gasteiger partial charge is 0.104 e. The minimum atomic E-state index is -1.24. The molecule has 0 aliphatic heterocycles. The maximum atomic E-state index is 12.6. The average molecular weight is 821 g/mol. The van der Waals surface area contributed by atoms with E-state index in [4.69, 9.17) is 13.7 Å². The van der Waals surface area contributed by atoms with Gasteiger partial charge in [0.1, 0.15) is 23.3 Å². The molecule has 0 spiro atoms. The van der Waals surface area contributed by atoms with Crippen LogP contribution in [0.15, 0.2) is 193 Å². The van der Waals surface area contributed by atoms with Crippen LogP contribution in [0, 0.1) is 22.7 Å². The normalized spacial score (nSPS) is 19.1. The molecule has 0 radical (unpaired) electrons. The zero-order valence-electron chi connectivity index (χ0n) is 62.7. The standard InChI is InChI=1S/C56H32N6/c57-33-43-53(59-45-25-9-1-17-35(45)36-18-2-10-26-46(36)59)44(34-58)55(61-49-29-13-5-21-39(49)40-22-6-14-30-50(40)61)56(62-51-31-15-7-23-41(51)42-24-8-16-32-52(42)62)54(43)60-47-27-11-3-19-37(47)38-20-4-12-28-48(38)60/h1-32H/i1D,2D,3D,4D,5D,6D,7D,8D,9D,10D,11D,12D,13D,14D,15D,16D,17D,18D,19D,20D,21D,22D,23D,24D,25D,26D,27D,28D,29D,30D,31D,32D. The molecule has 62 heavy (non-hydrogen) atoms. The first-order chi connectivity index (χ1) is 44.0. The number of nitriles is 2. The summed E-state index contributed by atoms with van der Waals surface area (Å²) >= 11 is 0. The largest absolute Gasteiger partial charge is 0.306 e. The molecule has 0 saturated carbocycles. The number of rotatable bonds is 4. The van der Waals surface area contributed by atoms with Crippen molar-refractivity contribution in [2.24, 2.45) is 0 Å². The quantitative estimate of drug-likeness (QED) is 0.177. The van der Waals surface area contributed by atoms with Crippen LogP contribution in [0.4, 0.5) is 0 Å². The molecule has 0 fully saturated rings. The summed E-state index contributed by atoms with van der Waals surface area (Å²) in [6.07, 6.45) is 0. The third kappa shape index (κ3) is 4.39. The number of benzene rings is 9. The molecule has 0 N–H and O–H groups in total. The number of fused-ring (bicyclic) bond motifs is 12. The van der Waals surface area contributed by atoms with E-state index < -0.39 is 314 Å². The molecule has 0 amide bonds. The first kappa shape index (κ1) is 15.3. The average Bonchev–Trinajstić information content (AvgIpc) is 1.49. The van der Waals surface area contributed by atoms with Crippen molar-refractivity contribution in [2.45, 2.75) is 0 Å². The van der Waals surface area contributed by atoms with E-state index in [0.717, 1.165) is 0 Å². The summed E-state index contributed by atoms with van der Waals surface area (Å²) in [5, 5.41) is 19.1. The van der Waals surface area contributed by atoms with Crippen molar-refractivity contribution < 1.29 is 43.9 Å². The van der Waals surface area contributed by atoms with Gasteiger partial charge in [-0.15, -0.1) is 0 Å². The Morgan fingerprint density at radius 1 is 0.258 bits per heavy atom. The van der Waals surface area contributed by atoms with Gasteiger partial charge >= 0.3 is 0 Å². The topological polar surface area (TPSA) is 67.3 Å². The number of aromatic nitrogens is 4. The van der Waals surface area contributed by atoms with Crippen molar-refractivity contribution in [1.82, 2.24) is 18.3 Å². The van der Waals surface area contributed by atoms with Crippen molar-refractivity contribution in [1.29, 1.82) is 10.5 Å². The Labute approximate surface area is 399 Å².